The van der Waals surface area contributed by atoms with E-state index in [0.717, 1.165) is 25.7 Å². The minimum atomic E-state index is 0.0774. The minimum absolute atomic E-state index is 0.0774. The minimum Gasteiger partial charge on any atom is -0.334 e. The molecule has 18 heavy (non-hydrogen) atoms. The Bertz CT molecular complexity index is 582. The van der Waals surface area contributed by atoms with Gasteiger partial charge in [0.15, 0.2) is 5.78 Å². The molecule has 1 aromatic carbocycles. The summed E-state index contributed by atoms with van der Waals surface area (Å²) in [5, 5.41) is 1.26. The number of carbonyl (C=O) groups excluding carboxylic acids is 1. The molecular formula is C16H19NO. The van der Waals surface area contributed by atoms with Crippen LogP contribution in [0.25, 0.3) is 10.9 Å². The van der Waals surface area contributed by atoms with Crippen molar-refractivity contribution in [2.45, 2.75) is 45.1 Å². The summed E-state index contributed by atoms with van der Waals surface area (Å²) in [6.07, 6.45) is 4.98. The second-order valence-electron chi connectivity index (χ2n) is 5.15. The number of ketones is 1. The van der Waals surface area contributed by atoms with E-state index in [-0.39, 0.29) is 6.04 Å². The Hall–Kier alpha value is -1.57. The fourth-order valence-electron chi connectivity index (χ4n) is 3.11. The van der Waals surface area contributed by atoms with Crippen LogP contribution in [0.5, 0.6) is 0 Å². The molecule has 1 heterocycles. The summed E-state index contributed by atoms with van der Waals surface area (Å²) in [6, 6.07) is 10.7. The van der Waals surface area contributed by atoms with E-state index in [4.69, 9.17) is 0 Å². The molecular weight excluding hydrogens is 222 g/mol. The van der Waals surface area contributed by atoms with Gasteiger partial charge >= 0.3 is 0 Å². The normalized spacial score (nSPS) is 20.5. The number of para-hydroxylation sites is 1. The zero-order valence-electron chi connectivity index (χ0n) is 10.9. The number of nitrogens with zero attached hydrogens (tertiary/aromatic N) is 1. The first-order valence-corrected chi connectivity index (χ1v) is 6.93. The molecule has 1 aliphatic rings. The Labute approximate surface area is 108 Å². The molecule has 2 nitrogen and oxygen atoms in total. The van der Waals surface area contributed by atoms with Gasteiger partial charge in [0.05, 0.1) is 6.04 Å². The van der Waals surface area contributed by atoms with Crippen molar-refractivity contribution in [3.63, 3.8) is 0 Å². The molecule has 1 saturated carbocycles. The third kappa shape index (κ3) is 1.76. The van der Waals surface area contributed by atoms with Crippen LogP contribution in [-0.2, 0) is 11.2 Å². The Morgan fingerprint density at radius 2 is 2.11 bits per heavy atom. The van der Waals surface area contributed by atoms with Gasteiger partial charge in [-0.05, 0) is 36.8 Å². The number of benzene rings is 1. The van der Waals surface area contributed by atoms with Gasteiger partial charge in [0.2, 0.25) is 0 Å². The third-order valence-electron chi connectivity index (χ3n) is 4.02. The first kappa shape index (κ1) is 11.5. The molecule has 1 aromatic heterocycles. The molecule has 1 atom stereocenters. The lowest BCUT2D eigenvalue weighted by molar-refractivity contribution is -0.123. The summed E-state index contributed by atoms with van der Waals surface area (Å²) >= 11 is 0. The van der Waals surface area contributed by atoms with E-state index in [9.17, 15) is 4.79 Å². The smallest absolute Gasteiger partial charge is 0.155 e. The second kappa shape index (κ2) is 4.60. The molecule has 1 unspecified atom stereocenters. The van der Waals surface area contributed by atoms with Crippen LogP contribution in [0.1, 0.15) is 44.3 Å². The fourth-order valence-corrected chi connectivity index (χ4v) is 3.11. The molecule has 1 fully saturated rings. The summed E-state index contributed by atoms with van der Waals surface area (Å²) in [7, 11) is 0. The van der Waals surface area contributed by atoms with Crippen LogP contribution in [0.4, 0.5) is 0 Å². The lowest BCUT2D eigenvalue weighted by Crippen LogP contribution is -2.24. The lowest BCUT2D eigenvalue weighted by atomic mass is 9.93. The highest BCUT2D eigenvalue weighted by molar-refractivity contribution is 5.88. The molecule has 3 rings (SSSR count). The van der Waals surface area contributed by atoms with Crippen molar-refractivity contribution in [3.05, 3.63) is 36.0 Å². The third-order valence-corrected chi connectivity index (χ3v) is 4.02. The molecule has 0 aliphatic heterocycles. The molecule has 0 amide bonds. The van der Waals surface area contributed by atoms with Gasteiger partial charge in [0.1, 0.15) is 0 Å². The number of carbonyl (C=O) groups is 1. The summed E-state index contributed by atoms with van der Waals surface area (Å²) in [6.45, 7) is 2.16. The van der Waals surface area contributed by atoms with Crippen molar-refractivity contribution in [1.29, 1.82) is 0 Å². The topological polar surface area (TPSA) is 22.0 Å². The highest BCUT2D eigenvalue weighted by Crippen LogP contribution is 2.31. The summed E-state index contributed by atoms with van der Waals surface area (Å²) in [5.74, 6) is 0.414. The highest BCUT2D eigenvalue weighted by atomic mass is 16.1. The quantitative estimate of drug-likeness (QED) is 0.782. The van der Waals surface area contributed by atoms with E-state index in [1.165, 1.54) is 23.0 Å². The predicted octanol–water partition coefficient (Wildman–Crippen LogP) is 3.89. The summed E-state index contributed by atoms with van der Waals surface area (Å²) in [4.78, 5) is 12.2. The highest BCUT2D eigenvalue weighted by Gasteiger charge is 2.26. The van der Waals surface area contributed by atoms with Crippen molar-refractivity contribution in [3.8, 4) is 0 Å². The Kier molecular flexibility index (Phi) is 2.94. The van der Waals surface area contributed by atoms with E-state index < -0.39 is 0 Å². The largest absolute Gasteiger partial charge is 0.334 e. The molecule has 0 saturated heterocycles. The van der Waals surface area contributed by atoms with Gasteiger partial charge in [0, 0.05) is 17.6 Å². The summed E-state index contributed by atoms with van der Waals surface area (Å²) < 4.78 is 2.29. The van der Waals surface area contributed by atoms with E-state index in [1.807, 2.05) is 0 Å². The van der Waals surface area contributed by atoms with Crippen molar-refractivity contribution in [1.82, 2.24) is 4.57 Å². The average molecular weight is 241 g/mol. The number of Topliss-reactive ketones (excluding diaryl/α,β-unsaturated/α-hetero) is 1. The SMILES string of the molecule is CCc1cc2ccccc2n1C1CCCCC1=O. The van der Waals surface area contributed by atoms with Crippen molar-refractivity contribution < 1.29 is 4.79 Å². The van der Waals surface area contributed by atoms with E-state index in [1.54, 1.807) is 0 Å². The molecule has 0 radical (unpaired) electrons. The summed E-state index contributed by atoms with van der Waals surface area (Å²) in [5.41, 5.74) is 2.51. The van der Waals surface area contributed by atoms with Gasteiger partial charge in [0.25, 0.3) is 0 Å². The molecule has 0 N–H and O–H groups in total. The van der Waals surface area contributed by atoms with Gasteiger partial charge in [-0.15, -0.1) is 0 Å². The standard InChI is InChI=1S/C16H19NO/c1-2-13-11-12-7-3-4-8-14(12)17(13)15-9-5-6-10-16(15)18/h3-4,7-8,11,15H,2,5-6,9-10H2,1H3. The average Bonchev–Trinajstić information content (AvgIpc) is 2.78. The van der Waals surface area contributed by atoms with Crippen molar-refractivity contribution in [2.24, 2.45) is 0 Å². The number of fused-ring (bicyclic) bond motifs is 1. The van der Waals surface area contributed by atoms with Crippen LogP contribution in [0, 0.1) is 0 Å². The van der Waals surface area contributed by atoms with Gasteiger partial charge in [-0.2, -0.15) is 0 Å². The van der Waals surface area contributed by atoms with Crippen molar-refractivity contribution in [2.75, 3.05) is 0 Å². The van der Waals surface area contributed by atoms with Gasteiger partial charge in [-0.3, -0.25) is 4.79 Å². The maximum Gasteiger partial charge on any atom is 0.155 e. The lowest BCUT2D eigenvalue weighted by Gasteiger charge is -2.25. The van der Waals surface area contributed by atoms with Crippen LogP contribution in [0.15, 0.2) is 30.3 Å². The first-order valence-electron chi connectivity index (χ1n) is 6.93. The van der Waals surface area contributed by atoms with Crippen LogP contribution in [0.2, 0.25) is 0 Å². The van der Waals surface area contributed by atoms with Crippen LogP contribution < -0.4 is 0 Å². The molecule has 2 aromatic rings. The second-order valence-corrected chi connectivity index (χ2v) is 5.15. The zero-order valence-corrected chi connectivity index (χ0v) is 10.9. The predicted molar refractivity (Wildman–Crippen MR) is 73.8 cm³/mol. The monoisotopic (exact) mass is 241 g/mol. The van der Waals surface area contributed by atoms with E-state index in [0.29, 0.717) is 5.78 Å². The molecule has 1 aliphatic carbocycles. The Balaban J connectivity index is 2.16. The maximum atomic E-state index is 12.2. The van der Waals surface area contributed by atoms with Gasteiger partial charge < -0.3 is 4.57 Å². The molecule has 2 heteroatoms. The maximum absolute atomic E-state index is 12.2. The number of aromatic nitrogens is 1. The van der Waals surface area contributed by atoms with Crippen LogP contribution >= 0.6 is 0 Å². The molecule has 94 valence electrons. The van der Waals surface area contributed by atoms with Gasteiger partial charge in [-0.25, -0.2) is 0 Å². The number of hydrogen-bond donors (Lipinski definition) is 0. The van der Waals surface area contributed by atoms with Crippen LogP contribution in [0.3, 0.4) is 0 Å². The fraction of sp³-hybridized carbons (Fsp3) is 0.438. The van der Waals surface area contributed by atoms with E-state index in [2.05, 4.69) is 41.8 Å². The Morgan fingerprint density at radius 1 is 1.28 bits per heavy atom. The van der Waals surface area contributed by atoms with E-state index >= 15 is 0 Å². The Morgan fingerprint density at radius 3 is 2.89 bits per heavy atom. The number of rotatable bonds is 2. The van der Waals surface area contributed by atoms with Crippen molar-refractivity contribution >= 4 is 16.7 Å². The van der Waals surface area contributed by atoms with Crippen LogP contribution in [-0.4, -0.2) is 10.4 Å². The number of aryl methyl sites for hydroxylation is 1. The molecule has 0 spiro atoms. The molecule has 0 bridgehead atoms. The first-order chi connectivity index (χ1) is 8.81. The van der Waals surface area contributed by atoms with Gasteiger partial charge in [-0.1, -0.05) is 31.5 Å². The number of hydrogen-bond acceptors (Lipinski definition) is 1. The zero-order chi connectivity index (χ0) is 12.5.